The van der Waals surface area contributed by atoms with E-state index < -0.39 is 0 Å². The van der Waals surface area contributed by atoms with Crippen molar-refractivity contribution in [3.8, 4) is 5.75 Å². The van der Waals surface area contributed by atoms with Gasteiger partial charge in [0.05, 0.1) is 7.11 Å². The van der Waals surface area contributed by atoms with Gasteiger partial charge in [0.2, 0.25) is 0 Å². The Morgan fingerprint density at radius 2 is 2.21 bits per heavy atom. The van der Waals surface area contributed by atoms with Gasteiger partial charge in [0.1, 0.15) is 5.75 Å². The van der Waals surface area contributed by atoms with Crippen LogP contribution in [0.25, 0.3) is 0 Å². The van der Waals surface area contributed by atoms with Gasteiger partial charge in [-0.15, -0.1) is 0 Å². The molecule has 0 heterocycles. The molecule has 0 spiro atoms. The third-order valence-electron chi connectivity index (χ3n) is 2.34. The lowest BCUT2D eigenvalue weighted by atomic mass is 10.2. The molecule has 1 fully saturated rings. The van der Waals surface area contributed by atoms with E-state index in [0.717, 1.165) is 23.4 Å². The molecule has 0 atom stereocenters. The molecule has 0 unspecified atom stereocenters. The summed E-state index contributed by atoms with van der Waals surface area (Å²) < 4.78 is 5.15. The molecule has 2 nitrogen and oxygen atoms in total. The average molecular weight is 212 g/mol. The van der Waals surface area contributed by atoms with Gasteiger partial charge in [-0.3, -0.25) is 0 Å². The minimum atomic E-state index is 0.722. The lowest BCUT2D eigenvalue weighted by Crippen LogP contribution is -2.15. The highest BCUT2D eigenvalue weighted by Gasteiger charge is 2.19. The van der Waals surface area contributed by atoms with Crippen molar-refractivity contribution < 1.29 is 4.74 Å². The molecule has 1 aromatic carbocycles. The van der Waals surface area contributed by atoms with E-state index in [1.807, 2.05) is 18.2 Å². The third-order valence-corrected chi connectivity index (χ3v) is 2.56. The maximum absolute atomic E-state index is 5.95. The minimum Gasteiger partial charge on any atom is -0.497 e. The normalized spacial score (nSPS) is 15.6. The van der Waals surface area contributed by atoms with Crippen LogP contribution in [0.2, 0.25) is 5.02 Å². The summed E-state index contributed by atoms with van der Waals surface area (Å²) in [5, 5.41) is 4.17. The van der Waals surface area contributed by atoms with Crippen molar-refractivity contribution in [1.29, 1.82) is 0 Å². The molecule has 0 aromatic heterocycles. The molecule has 0 radical (unpaired) electrons. The fourth-order valence-corrected chi connectivity index (χ4v) is 1.64. The number of hydrogen-bond acceptors (Lipinski definition) is 2. The Kier molecular flexibility index (Phi) is 2.94. The highest BCUT2D eigenvalue weighted by Crippen LogP contribution is 2.23. The smallest absolute Gasteiger partial charge is 0.120 e. The number of ether oxygens (including phenoxy) is 1. The first-order chi connectivity index (χ1) is 6.78. The van der Waals surface area contributed by atoms with Crippen LogP contribution in [0.4, 0.5) is 0 Å². The van der Waals surface area contributed by atoms with Crippen molar-refractivity contribution in [2.24, 2.45) is 0 Å². The third kappa shape index (κ3) is 2.63. The van der Waals surface area contributed by atoms with E-state index in [2.05, 4.69) is 5.32 Å². The summed E-state index contributed by atoms with van der Waals surface area (Å²) in [5.41, 5.74) is 1.18. The number of nitrogens with one attached hydrogen (secondary N) is 1. The van der Waals surface area contributed by atoms with Gasteiger partial charge in [0.25, 0.3) is 0 Å². The summed E-state index contributed by atoms with van der Waals surface area (Å²) in [6.07, 6.45) is 2.61. The first kappa shape index (κ1) is 9.81. The zero-order chi connectivity index (χ0) is 9.97. The van der Waals surface area contributed by atoms with Crippen molar-refractivity contribution in [2.75, 3.05) is 7.11 Å². The van der Waals surface area contributed by atoms with Gasteiger partial charge in [-0.2, -0.15) is 0 Å². The number of rotatable bonds is 4. The molecule has 1 aliphatic rings. The molecule has 0 bridgehead atoms. The topological polar surface area (TPSA) is 21.3 Å². The van der Waals surface area contributed by atoms with Gasteiger partial charge in [0.15, 0.2) is 0 Å². The van der Waals surface area contributed by atoms with Crippen LogP contribution in [0.15, 0.2) is 18.2 Å². The van der Waals surface area contributed by atoms with E-state index in [-0.39, 0.29) is 0 Å². The largest absolute Gasteiger partial charge is 0.497 e. The first-order valence-corrected chi connectivity index (χ1v) is 5.22. The minimum absolute atomic E-state index is 0.722. The molecule has 0 aliphatic heterocycles. The SMILES string of the molecule is COc1cc(Cl)cc(CNC2CC2)c1. The maximum Gasteiger partial charge on any atom is 0.120 e. The highest BCUT2D eigenvalue weighted by molar-refractivity contribution is 6.30. The van der Waals surface area contributed by atoms with E-state index in [1.165, 1.54) is 18.4 Å². The Morgan fingerprint density at radius 3 is 2.86 bits per heavy atom. The van der Waals surface area contributed by atoms with Crippen molar-refractivity contribution in [1.82, 2.24) is 5.32 Å². The van der Waals surface area contributed by atoms with Gasteiger partial charge in [-0.25, -0.2) is 0 Å². The Bertz CT molecular complexity index is 323. The van der Waals surface area contributed by atoms with E-state index in [0.29, 0.717) is 0 Å². The summed E-state index contributed by atoms with van der Waals surface area (Å²) in [5.74, 6) is 0.824. The van der Waals surface area contributed by atoms with Crippen molar-refractivity contribution >= 4 is 11.6 Å². The van der Waals surface area contributed by atoms with Crippen LogP contribution in [0.1, 0.15) is 18.4 Å². The van der Waals surface area contributed by atoms with Crippen molar-refractivity contribution in [3.63, 3.8) is 0 Å². The van der Waals surface area contributed by atoms with Gasteiger partial charge in [0, 0.05) is 17.6 Å². The molecular formula is C11H14ClNO. The summed E-state index contributed by atoms with van der Waals surface area (Å²) in [7, 11) is 1.66. The fraction of sp³-hybridized carbons (Fsp3) is 0.455. The second-order valence-corrected chi connectivity index (χ2v) is 4.09. The van der Waals surface area contributed by atoms with Crippen LogP contribution in [0, 0.1) is 0 Å². The Labute approximate surface area is 89.2 Å². The van der Waals surface area contributed by atoms with E-state index in [1.54, 1.807) is 7.11 Å². The van der Waals surface area contributed by atoms with Gasteiger partial charge in [-0.05, 0) is 36.6 Å². The molecule has 76 valence electrons. The van der Waals surface area contributed by atoms with Crippen LogP contribution >= 0.6 is 11.6 Å². The number of halogens is 1. The van der Waals surface area contributed by atoms with Crippen LogP contribution in [-0.2, 0) is 6.54 Å². The molecule has 0 saturated heterocycles. The second kappa shape index (κ2) is 4.20. The Balaban J connectivity index is 2.03. The number of hydrogen-bond donors (Lipinski definition) is 1. The van der Waals surface area contributed by atoms with Crippen LogP contribution in [-0.4, -0.2) is 13.2 Å². The van der Waals surface area contributed by atoms with Crippen molar-refractivity contribution in [3.05, 3.63) is 28.8 Å². The number of benzene rings is 1. The first-order valence-electron chi connectivity index (χ1n) is 4.85. The van der Waals surface area contributed by atoms with Crippen LogP contribution in [0.3, 0.4) is 0 Å². The summed E-state index contributed by atoms with van der Waals surface area (Å²) in [6, 6.07) is 6.53. The lowest BCUT2D eigenvalue weighted by molar-refractivity contribution is 0.414. The van der Waals surface area contributed by atoms with Gasteiger partial charge < -0.3 is 10.1 Å². The highest BCUT2D eigenvalue weighted by atomic mass is 35.5. The fourth-order valence-electron chi connectivity index (χ4n) is 1.39. The summed E-state index contributed by atoms with van der Waals surface area (Å²) in [4.78, 5) is 0. The molecule has 1 aliphatic carbocycles. The van der Waals surface area contributed by atoms with E-state index in [4.69, 9.17) is 16.3 Å². The monoisotopic (exact) mass is 211 g/mol. The lowest BCUT2D eigenvalue weighted by Gasteiger charge is -2.06. The van der Waals surface area contributed by atoms with E-state index in [9.17, 15) is 0 Å². The quantitative estimate of drug-likeness (QED) is 0.827. The van der Waals surface area contributed by atoms with Crippen LogP contribution < -0.4 is 10.1 Å². The van der Waals surface area contributed by atoms with Crippen molar-refractivity contribution in [2.45, 2.75) is 25.4 Å². The molecule has 1 N–H and O–H groups in total. The van der Waals surface area contributed by atoms with E-state index >= 15 is 0 Å². The van der Waals surface area contributed by atoms with Gasteiger partial charge in [-0.1, -0.05) is 11.6 Å². The Hall–Kier alpha value is -0.730. The molecule has 3 heteroatoms. The average Bonchev–Trinajstić information content (AvgIpc) is 2.97. The Morgan fingerprint density at radius 1 is 1.43 bits per heavy atom. The standard InChI is InChI=1S/C11H14ClNO/c1-14-11-5-8(4-9(12)6-11)7-13-10-2-3-10/h4-6,10,13H,2-3,7H2,1H3. The molecular weight excluding hydrogens is 198 g/mol. The predicted molar refractivity (Wildman–Crippen MR) is 57.9 cm³/mol. The molecule has 1 saturated carbocycles. The molecule has 14 heavy (non-hydrogen) atoms. The molecule has 0 amide bonds. The number of methoxy groups -OCH3 is 1. The van der Waals surface area contributed by atoms with Gasteiger partial charge >= 0.3 is 0 Å². The zero-order valence-electron chi connectivity index (χ0n) is 8.22. The molecule has 2 rings (SSSR count). The maximum atomic E-state index is 5.95. The molecule has 1 aromatic rings. The van der Waals surface area contributed by atoms with Crippen LogP contribution in [0.5, 0.6) is 5.75 Å². The predicted octanol–water partition coefficient (Wildman–Crippen LogP) is 2.60. The zero-order valence-corrected chi connectivity index (χ0v) is 8.97. The summed E-state index contributed by atoms with van der Waals surface area (Å²) >= 11 is 5.95. The summed E-state index contributed by atoms with van der Waals surface area (Å²) in [6.45, 7) is 0.877. The second-order valence-electron chi connectivity index (χ2n) is 3.65.